The maximum absolute atomic E-state index is 13.0. The van der Waals surface area contributed by atoms with Crippen LogP contribution in [-0.2, 0) is 19.6 Å². The predicted octanol–water partition coefficient (Wildman–Crippen LogP) is 1.22. The van der Waals surface area contributed by atoms with Crippen molar-refractivity contribution in [2.75, 3.05) is 45.3 Å². The van der Waals surface area contributed by atoms with E-state index >= 15 is 0 Å². The van der Waals surface area contributed by atoms with Gasteiger partial charge in [-0.25, -0.2) is 8.42 Å². The lowest BCUT2D eigenvalue weighted by molar-refractivity contribution is -0.118. The number of benzene rings is 2. The van der Waals surface area contributed by atoms with E-state index in [1.54, 1.807) is 24.3 Å². The molecule has 0 aromatic heterocycles. The van der Waals surface area contributed by atoms with Gasteiger partial charge in [-0.05, 0) is 30.3 Å². The highest BCUT2D eigenvalue weighted by molar-refractivity contribution is 7.89. The van der Waals surface area contributed by atoms with E-state index in [2.05, 4.69) is 5.32 Å². The Morgan fingerprint density at radius 2 is 1.84 bits per heavy atom. The van der Waals surface area contributed by atoms with Gasteiger partial charge >= 0.3 is 0 Å². The normalized spacial score (nSPS) is 14.5. The van der Waals surface area contributed by atoms with Crippen LogP contribution in [-0.4, -0.2) is 64.6 Å². The number of ether oxygens (including phenoxy) is 3. The molecule has 2 amide bonds. The summed E-state index contributed by atoms with van der Waals surface area (Å²) in [7, 11) is -2.40. The maximum atomic E-state index is 13.0. The molecule has 0 saturated carbocycles. The summed E-state index contributed by atoms with van der Waals surface area (Å²) in [6.45, 7) is 1.17. The monoisotopic (exact) mass is 463 g/mol. The van der Waals surface area contributed by atoms with Gasteiger partial charge in [0.1, 0.15) is 11.5 Å². The number of nitrogens with one attached hydrogen (secondary N) is 1. The van der Waals surface area contributed by atoms with Crippen LogP contribution in [0.25, 0.3) is 0 Å². The Labute approximate surface area is 186 Å². The van der Waals surface area contributed by atoms with E-state index in [0.717, 1.165) is 0 Å². The van der Waals surface area contributed by atoms with Crippen molar-refractivity contribution < 1.29 is 32.2 Å². The summed E-state index contributed by atoms with van der Waals surface area (Å²) in [5.41, 5.74) is 5.53. The largest absolute Gasteiger partial charge is 0.496 e. The van der Waals surface area contributed by atoms with Gasteiger partial charge in [-0.2, -0.15) is 4.31 Å². The van der Waals surface area contributed by atoms with Crippen molar-refractivity contribution in [3.8, 4) is 11.5 Å². The molecule has 0 atom stereocenters. The molecule has 1 aliphatic heterocycles. The number of primary amides is 1. The predicted molar refractivity (Wildman–Crippen MR) is 116 cm³/mol. The van der Waals surface area contributed by atoms with Gasteiger partial charge in [0.25, 0.3) is 5.91 Å². The fourth-order valence-corrected chi connectivity index (χ4v) is 4.54. The van der Waals surface area contributed by atoms with E-state index in [1.165, 1.54) is 29.6 Å². The number of para-hydroxylation sites is 2. The van der Waals surface area contributed by atoms with E-state index in [-0.39, 0.29) is 42.3 Å². The highest BCUT2D eigenvalue weighted by atomic mass is 32.2. The Hall–Kier alpha value is -3.15. The lowest BCUT2D eigenvalue weighted by atomic mass is 10.1. The number of morpholine rings is 1. The topological polar surface area (TPSA) is 137 Å². The Kier molecular flexibility index (Phi) is 7.67. The first-order chi connectivity index (χ1) is 15.3. The summed E-state index contributed by atoms with van der Waals surface area (Å²) < 4.78 is 43.3. The number of nitrogens with zero attached hydrogens (tertiary/aromatic N) is 1. The van der Waals surface area contributed by atoms with Gasteiger partial charge in [0.2, 0.25) is 15.9 Å². The number of anilines is 1. The van der Waals surface area contributed by atoms with Gasteiger partial charge < -0.3 is 25.3 Å². The van der Waals surface area contributed by atoms with Crippen LogP contribution in [0, 0.1) is 0 Å². The Bertz CT molecular complexity index is 1080. The zero-order chi connectivity index (χ0) is 23.1. The highest BCUT2D eigenvalue weighted by Gasteiger charge is 2.28. The Morgan fingerprint density at radius 3 is 2.53 bits per heavy atom. The van der Waals surface area contributed by atoms with Crippen LogP contribution in [0.5, 0.6) is 11.5 Å². The Morgan fingerprint density at radius 1 is 1.12 bits per heavy atom. The lowest BCUT2D eigenvalue weighted by Crippen LogP contribution is -2.40. The zero-order valence-electron chi connectivity index (χ0n) is 17.6. The second-order valence-corrected chi connectivity index (χ2v) is 8.83. The number of sulfonamides is 1. The van der Waals surface area contributed by atoms with Gasteiger partial charge in [0, 0.05) is 13.1 Å². The summed E-state index contributed by atoms with van der Waals surface area (Å²) in [5.74, 6) is -0.518. The number of carbonyl (C=O) groups excluding carboxylic acids is 2. The van der Waals surface area contributed by atoms with E-state index < -0.39 is 21.8 Å². The van der Waals surface area contributed by atoms with E-state index in [9.17, 15) is 18.0 Å². The first-order valence-electron chi connectivity index (χ1n) is 9.90. The van der Waals surface area contributed by atoms with Gasteiger partial charge in [0.05, 0.1) is 49.5 Å². The molecule has 1 fully saturated rings. The zero-order valence-corrected chi connectivity index (χ0v) is 18.4. The molecule has 3 N–H and O–H groups in total. The van der Waals surface area contributed by atoms with Crippen LogP contribution >= 0.6 is 0 Å². The number of carbonyl (C=O) groups is 2. The minimum absolute atomic E-state index is 0.0173. The van der Waals surface area contributed by atoms with Crippen molar-refractivity contribution in [3.63, 3.8) is 0 Å². The summed E-state index contributed by atoms with van der Waals surface area (Å²) in [5, 5.41) is 2.71. The molecule has 0 spiro atoms. The van der Waals surface area contributed by atoms with Crippen LogP contribution in [0.3, 0.4) is 0 Å². The highest BCUT2D eigenvalue weighted by Crippen LogP contribution is 2.28. The first kappa shape index (κ1) is 23.5. The van der Waals surface area contributed by atoms with Crippen LogP contribution < -0.4 is 20.5 Å². The van der Waals surface area contributed by atoms with Crippen LogP contribution in [0.2, 0.25) is 0 Å². The average Bonchev–Trinajstić information content (AvgIpc) is 2.80. The molecule has 32 heavy (non-hydrogen) atoms. The molecule has 1 heterocycles. The van der Waals surface area contributed by atoms with Crippen molar-refractivity contribution in [2.45, 2.75) is 11.3 Å². The van der Waals surface area contributed by atoms with Crippen molar-refractivity contribution >= 4 is 27.5 Å². The Balaban J connectivity index is 1.85. The molecule has 10 nitrogen and oxygen atoms in total. The number of amides is 2. The van der Waals surface area contributed by atoms with Gasteiger partial charge in [-0.3, -0.25) is 9.59 Å². The SMILES string of the molecule is COc1ccc(S(=O)(=O)N2CCOCC2)cc1C(=O)Nc1ccccc1OCCC(N)=O. The molecule has 0 bridgehead atoms. The third-order valence-corrected chi connectivity index (χ3v) is 6.66. The molecular weight excluding hydrogens is 438 g/mol. The molecule has 1 saturated heterocycles. The smallest absolute Gasteiger partial charge is 0.259 e. The quantitative estimate of drug-likeness (QED) is 0.570. The van der Waals surface area contributed by atoms with E-state index in [4.69, 9.17) is 19.9 Å². The number of hydrogen-bond donors (Lipinski definition) is 2. The van der Waals surface area contributed by atoms with Crippen LogP contribution in [0.15, 0.2) is 47.4 Å². The van der Waals surface area contributed by atoms with Crippen LogP contribution in [0.1, 0.15) is 16.8 Å². The molecule has 1 aliphatic rings. The second-order valence-electron chi connectivity index (χ2n) is 6.89. The van der Waals surface area contributed by atoms with Crippen molar-refractivity contribution in [3.05, 3.63) is 48.0 Å². The summed E-state index contributed by atoms with van der Waals surface area (Å²) in [4.78, 5) is 24.0. The molecule has 172 valence electrons. The number of methoxy groups -OCH3 is 1. The molecule has 0 unspecified atom stereocenters. The first-order valence-corrected chi connectivity index (χ1v) is 11.3. The minimum atomic E-state index is -3.79. The number of rotatable bonds is 9. The fourth-order valence-electron chi connectivity index (χ4n) is 3.11. The maximum Gasteiger partial charge on any atom is 0.259 e. The average molecular weight is 464 g/mol. The molecule has 2 aromatic carbocycles. The van der Waals surface area contributed by atoms with Gasteiger partial charge in [0.15, 0.2) is 0 Å². The van der Waals surface area contributed by atoms with E-state index in [1.807, 2.05) is 0 Å². The molecule has 2 aromatic rings. The molecule has 0 aliphatic carbocycles. The molecule has 3 rings (SSSR count). The lowest BCUT2D eigenvalue weighted by Gasteiger charge is -2.26. The number of hydrogen-bond acceptors (Lipinski definition) is 7. The van der Waals surface area contributed by atoms with Crippen molar-refractivity contribution in [1.82, 2.24) is 4.31 Å². The molecule has 0 radical (unpaired) electrons. The third-order valence-electron chi connectivity index (χ3n) is 4.76. The van der Waals surface area contributed by atoms with Gasteiger partial charge in [-0.15, -0.1) is 0 Å². The van der Waals surface area contributed by atoms with Crippen molar-refractivity contribution in [2.24, 2.45) is 5.73 Å². The van der Waals surface area contributed by atoms with E-state index in [0.29, 0.717) is 24.7 Å². The summed E-state index contributed by atoms with van der Waals surface area (Å²) >= 11 is 0. The summed E-state index contributed by atoms with van der Waals surface area (Å²) in [6, 6.07) is 10.8. The molecular formula is C21H25N3O7S. The fraction of sp³-hybridized carbons (Fsp3) is 0.333. The standard InChI is InChI=1S/C21H25N3O7S/c1-29-18-7-6-15(32(27,28)24-9-12-30-13-10-24)14-16(18)21(26)23-17-4-2-3-5-19(17)31-11-8-20(22)25/h2-7,14H,8-13H2,1H3,(H2,22,25)(H,23,26). The summed E-state index contributed by atoms with van der Waals surface area (Å²) in [6.07, 6.45) is 0.0253. The van der Waals surface area contributed by atoms with Gasteiger partial charge in [-0.1, -0.05) is 12.1 Å². The second kappa shape index (κ2) is 10.4. The minimum Gasteiger partial charge on any atom is -0.496 e. The van der Waals surface area contributed by atoms with Crippen molar-refractivity contribution in [1.29, 1.82) is 0 Å². The molecule has 11 heteroatoms. The number of nitrogens with two attached hydrogens (primary N) is 1. The van der Waals surface area contributed by atoms with Crippen LogP contribution in [0.4, 0.5) is 5.69 Å². The third kappa shape index (κ3) is 5.55.